The molecule has 0 saturated carbocycles. The van der Waals surface area contributed by atoms with Crippen LogP contribution in [0.5, 0.6) is 0 Å². The zero-order valence-electron chi connectivity index (χ0n) is 9.36. The van der Waals surface area contributed by atoms with Gasteiger partial charge >= 0.3 is 11.9 Å². The Kier molecular flexibility index (Phi) is 3.00. The number of carboxylic acids is 1. The Morgan fingerprint density at radius 3 is 2.78 bits per heavy atom. The SMILES string of the molecule is Cc1ccc(-n2cnnn2)c(NC(=O)C(=O)O)c1. The summed E-state index contributed by atoms with van der Waals surface area (Å²) in [5.41, 5.74) is 1.68. The maximum absolute atomic E-state index is 11.2. The van der Waals surface area contributed by atoms with Gasteiger partial charge in [-0.15, -0.1) is 5.10 Å². The Balaban J connectivity index is 2.42. The first-order chi connectivity index (χ1) is 8.58. The number of benzene rings is 1. The Bertz CT molecular complexity index is 594. The Labute approximate surface area is 101 Å². The van der Waals surface area contributed by atoms with Gasteiger partial charge < -0.3 is 10.4 Å². The van der Waals surface area contributed by atoms with Gasteiger partial charge in [-0.1, -0.05) is 6.07 Å². The number of hydrogen-bond acceptors (Lipinski definition) is 5. The molecule has 0 bridgehead atoms. The van der Waals surface area contributed by atoms with Gasteiger partial charge in [-0.2, -0.15) is 4.68 Å². The van der Waals surface area contributed by atoms with Crippen molar-refractivity contribution in [1.29, 1.82) is 0 Å². The third kappa shape index (κ3) is 2.32. The van der Waals surface area contributed by atoms with Crippen molar-refractivity contribution in [2.75, 3.05) is 5.32 Å². The lowest BCUT2D eigenvalue weighted by Gasteiger charge is -2.09. The van der Waals surface area contributed by atoms with E-state index in [0.29, 0.717) is 11.4 Å². The van der Waals surface area contributed by atoms with Crippen LogP contribution in [-0.2, 0) is 9.59 Å². The summed E-state index contributed by atoms with van der Waals surface area (Å²) in [6.07, 6.45) is 1.35. The molecule has 0 aliphatic carbocycles. The molecule has 0 atom stereocenters. The quantitative estimate of drug-likeness (QED) is 0.722. The summed E-state index contributed by atoms with van der Waals surface area (Å²) in [5.74, 6) is -2.67. The zero-order chi connectivity index (χ0) is 13.1. The van der Waals surface area contributed by atoms with Crippen molar-refractivity contribution < 1.29 is 14.7 Å². The monoisotopic (exact) mass is 247 g/mol. The van der Waals surface area contributed by atoms with Crippen molar-refractivity contribution in [2.24, 2.45) is 0 Å². The number of carbonyl (C=O) groups excluding carboxylic acids is 1. The van der Waals surface area contributed by atoms with E-state index in [1.807, 2.05) is 6.92 Å². The van der Waals surface area contributed by atoms with E-state index < -0.39 is 11.9 Å². The van der Waals surface area contributed by atoms with Gasteiger partial charge in [0.05, 0.1) is 11.4 Å². The fraction of sp³-hybridized carbons (Fsp3) is 0.100. The number of amides is 1. The van der Waals surface area contributed by atoms with Crippen molar-refractivity contribution >= 4 is 17.6 Å². The number of carboxylic acid groups (broad SMARTS) is 1. The van der Waals surface area contributed by atoms with E-state index in [1.165, 1.54) is 11.0 Å². The Morgan fingerprint density at radius 2 is 2.17 bits per heavy atom. The van der Waals surface area contributed by atoms with Crippen LogP contribution in [0.4, 0.5) is 5.69 Å². The second-order valence-electron chi connectivity index (χ2n) is 3.53. The molecule has 0 spiro atoms. The number of hydrogen-bond donors (Lipinski definition) is 2. The molecule has 92 valence electrons. The van der Waals surface area contributed by atoms with Gasteiger partial charge in [0.15, 0.2) is 0 Å². The molecule has 18 heavy (non-hydrogen) atoms. The number of carbonyl (C=O) groups is 2. The van der Waals surface area contributed by atoms with Gasteiger partial charge in [0, 0.05) is 0 Å². The highest BCUT2D eigenvalue weighted by molar-refractivity contribution is 6.36. The molecule has 1 amide bonds. The number of nitrogens with zero attached hydrogens (tertiary/aromatic N) is 4. The number of aromatic nitrogens is 4. The van der Waals surface area contributed by atoms with Gasteiger partial charge in [0.2, 0.25) is 0 Å². The van der Waals surface area contributed by atoms with Crippen LogP contribution in [0, 0.1) is 6.92 Å². The molecule has 2 N–H and O–H groups in total. The summed E-state index contributed by atoms with van der Waals surface area (Å²) in [7, 11) is 0. The fourth-order valence-electron chi connectivity index (χ4n) is 1.40. The van der Waals surface area contributed by atoms with E-state index in [2.05, 4.69) is 20.8 Å². The molecule has 8 nitrogen and oxygen atoms in total. The third-order valence-corrected chi connectivity index (χ3v) is 2.19. The minimum atomic E-state index is -1.56. The smallest absolute Gasteiger partial charge is 0.394 e. The highest BCUT2D eigenvalue weighted by Crippen LogP contribution is 2.20. The van der Waals surface area contributed by atoms with Crippen LogP contribution < -0.4 is 5.32 Å². The maximum Gasteiger partial charge on any atom is 0.394 e. The zero-order valence-corrected chi connectivity index (χ0v) is 9.36. The molecule has 8 heteroatoms. The van der Waals surface area contributed by atoms with Gasteiger partial charge in [-0.25, -0.2) is 4.79 Å². The molecule has 0 aliphatic rings. The Hall–Kier alpha value is -2.77. The van der Waals surface area contributed by atoms with Crippen LogP contribution in [0.25, 0.3) is 5.69 Å². The van der Waals surface area contributed by atoms with E-state index in [4.69, 9.17) is 5.11 Å². The minimum Gasteiger partial charge on any atom is -0.474 e. The molecule has 0 aliphatic heterocycles. The van der Waals surface area contributed by atoms with Gasteiger partial charge in [-0.05, 0) is 35.0 Å². The molecular weight excluding hydrogens is 238 g/mol. The average molecular weight is 247 g/mol. The van der Waals surface area contributed by atoms with Crippen LogP contribution in [-0.4, -0.2) is 37.2 Å². The molecule has 0 fully saturated rings. The van der Waals surface area contributed by atoms with Crippen molar-refractivity contribution in [3.8, 4) is 5.69 Å². The summed E-state index contributed by atoms with van der Waals surface area (Å²) >= 11 is 0. The van der Waals surface area contributed by atoms with Crippen LogP contribution in [0.3, 0.4) is 0 Å². The van der Waals surface area contributed by atoms with Gasteiger partial charge in [0.1, 0.15) is 6.33 Å². The normalized spacial score (nSPS) is 10.1. The lowest BCUT2D eigenvalue weighted by Crippen LogP contribution is -2.22. The summed E-state index contributed by atoms with van der Waals surface area (Å²) < 4.78 is 1.33. The van der Waals surface area contributed by atoms with Crippen molar-refractivity contribution in [1.82, 2.24) is 20.2 Å². The molecule has 1 aromatic carbocycles. The predicted molar refractivity (Wildman–Crippen MR) is 60.2 cm³/mol. The van der Waals surface area contributed by atoms with E-state index in [9.17, 15) is 9.59 Å². The first-order valence-corrected chi connectivity index (χ1v) is 4.96. The van der Waals surface area contributed by atoms with Crippen LogP contribution in [0.1, 0.15) is 5.56 Å². The number of aryl methyl sites for hydroxylation is 1. The highest BCUT2D eigenvalue weighted by atomic mass is 16.4. The van der Waals surface area contributed by atoms with Gasteiger partial charge in [0.25, 0.3) is 0 Å². The van der Waals surface area contributed by atoms with Crippen LogP contribution >= 0.6 is 0 Å². The van der Waals surface area contributed by atoms with Crippen LogP contribution in [0.15, 0.2) is 24.5 Å². The standard InChI is InChI=1S/C10H9N5O3/c1-6-2-3-8(15-5-11-13-14-15)7(4-6)12-9(16)10(17)18/h2-5H,1H3,(H,12,16)(H,17,18). The number of aliphatic carboxylic acids is 1. The van der Waals surface area contributed by atoms with E-state index >= 15 is 0 Å². The van der Waals surface area contributed by atoms with E-state index in [-0.39, 0.29) is 0 Å². The molecule has 1 heterocycles. The molecule has 2 rings (SSSR count). The molecular formula is C10H9N5O3. The van der Waals surface area contributed by atoms with E-state index in [1.54, 1.807) is 18.2 Å². The number of anilines is 1. The summed E-state index contributed by atoms with van der Waals surface area (Å²) in [4.78, 5) is 21.7. The third-order valence-electron chi connectivity index (χ3n) is 2.19. The first kappa shape index (κ1) is 11.7. The molecule has 0 radical (unpaired) electrons. The lowest BCUT2D eigenvalue weighted by atomic mass is 10.2. The topological polar surface area (TPSA) is 110 Å². The summed E-state index contributed by atoms with van der Waals surface area (Å²) in [5, 5.41) is 21.5. The summed E-state index contributed by atoms with van der Waals surface area (Å²) in [6, 6.07) is 5.12. The van der Waals surface area contributed by atoms with Crippen LogP contribution in [0.2, 0.25) is 0 Å². The lowest BCUT2D eigenvalue weighted by molar-refractivity contribution is -0.147. The second-order valence-corrected chi connectivity index (χ2v) is 3.53. The average Bonchev–Trinajstić information content (AvgIpc) is 2.82. The number of nitrogens with one attached hydrogen (secondary N) is 1. The summed E-state index contributed by atoms with van der Waals surface area (Å²) in [6.45, 7) is 1.82. The van der Waals surface area contributed by atoms with Crippen molar-refractivity contribution in [3.05, 3.63) is 30.1 Å². The minimum absolute atomic E-state index is 0.328. The highest BCUT2D eigenvalue weighted by Gasteiger charge is 2.14. The second kappa shape index (κ2) is 4.62. The molecule has 0 saturated heterocycles. The molecule has 2 aromatic rings. The molecule has 1 aromatic heterocycles. The Morgan fingerprint density at radius 1 is 1.39 bits per heavy atom. The van der Waals surface area contributed by atoms with Crippen molar-refractivity contribution in [2.45, 2.75) is 6.92 Å². The molecule has 0 unspecified atom stereocenters. The predicted octanol–water partition coefficient (Wildman–Crippen LogP) is -0.00618. The van der Waals surface area contributed by atoms with E-state index in [0.717, 1.165) is 5.56 Å². The maximum atomic E-state index is 11.2. The first-order valence-electron chi connectivity index (χ1n) is 4.96. The van der Waals surface area contributed by atoms with Crippen molar-refractivity contribution in [3.63, 3.8) is 0 Å². The number of rotatable bonds is 2. The van der Waals surface area contributed by atoms with Gasteiger partial charge in [-0.3, -0.25) is 4.79 Å². The number of tetrazole rings is 1. The fourth-order valence-corrected chi connectivity index (χ4v) is 1.40. The largest absolute Gasteiger partial charge is 0.474 e.